The lowest BCUT2D eigenvalue weighted by molar-refractivity contribution is 1.28. The minimum absolute atomic E-state index is 0.804. The molecule has 0 aliphatic carbocycles. The van der Waals surface area contributed by atoms with Crippen molar-refractivity contribution in [3.05, 3.63) is 261 Å². The van der Waals surface area contributed by atoms with E-state index < -0.39 is 0 Å². The van der Waals surface area contributed by atoms with Gasteiger partial charge in [-0.3, -0.25) is 0 Å². The van der Waals surface area contributed by atoms with Gasteiger partial charge in [0, 0.05) is 32.5 Å². The quantitative estimate of drug-likeness (QED) is 0.104. The molecule has 1 heterocycles. The third-order valence-electron chi connectivity index (χ3n) is 10.3. The van der Waals surface area contributed by atoms with Gasteiger partial charge in [0.2, 0.25) is 0 Å². The first-order valence-electron chi connectivity index (χ1n) is 20.4. The van der Waals surface area contributed by atoms with Gasteiger partial charge in [0.15, 0.2) is 0 Å². The maximum Gasteiger partial charge on any atom is 0.0462 e. The van der Waals surface area contributed by atoms with Crippen molar-refractivity contribution in [2.45, 2.75) is 0 Å². The Bertz CT molecular complexity index is 2720. The Labute approximate surface area is 364 Å². The van der Waals surface area contributed by atoms with Crippen LogP contribution in [0.4, 0.5) is 22.7 Å². The van der Waals surface area contributed by atoms with E-state index in [9.17, 15) is 0 Å². The average Bonchev–Trinajstić information content (AvgIpc) is 3.84. The van der Waals surface area contributed by atoms with Crippen LogP contribution in [-0.2, 0) is 0 Å². The van der Waals surface area contributed by atoms with E-state index in [0.29, 0.717) is 0 Å². The highest BCUT2D eigenvalue weighted by atomic mass is 32.1. The van der Waals surface area contributed by atoms with Gasteiger partial charge in [-0.25, -0.2) is 0 Å². The number of anilines is 4. The predicted molar refractivity (Wildman–Crippen MR) is 265 cm³/mol. The number of hydrogen-bond donors (Lipinski definition) is 1. The number of hydrogen-bond acceptors (Lipinski definition) is 3. The minimum Gasteiger partial charge on any atom is -0.399 e. The van der Waals surface area contributed by atoms with Gasteiger partial charge in [0.25, 0.3) is 0 Å². The maximum absolute atomic E-state index is 5.70. The van der Waals surface area contributed by atoms with Crippen molar-refractivity contribution in [1.82, 2.24) is 0 Å². The van der Waals surface area contributed by atoms with Crippen LogP contribution in [0, 0.1) is 0 Å². The van der Waals surface area contributed by atoms with Crippen LogP contribution in [-0.4, -0.2) is 0 Å². The Morgan fingerprint density at radius 3 is 1.10 bits per heavy atom. The van der Waals surface area contributed by atoms with Crippen LogP contribution in [0.1, 0.15) is 5.56 Å². The number of rotatable bonds is 11. The average molecular weight is 803 g/mol. The summed E-state index contributed by atoms with van der Waals surface area (Å²) in [6.07, 6.45) is 9.80. The number of benzene rings is 8. The van der Waals surface area contributed by atoms with Gasteiger partial charge in [-0.2, -0.15) is 0 Å². The molecule has 8 aromatic carbocycles. The van der Waals surface area contributed by atoms with Gasteiger partial charge in [-0.05, 0) is 111 Å². The summed E-state index contributed by atoms with van der Waals surface area (Å²) in [6.45, 7) is 3.71. The van der Waals surface area contributed by atoms with Crippen LogP contribution in [0.2, 0.25) is 0 Å². The summed E-state index contributed by atoms with van der Waals surface area (Å²) in [7, 11) is 0. The zero-order valence-corrected chi connectivity index (χ0v) is 34.7. The number of allylic oxidation sites excluding steroid dienone is 4. The molecule has 0 atom stereocenters. The Morgan fingerprint density at radius 2 is 0.689 bits per heavy atom. The molecule has 0 aliphatic heterocycles. The summed E-state index contributed by atoms with van der Waals surface area (Å²) in [5.74, 6) is 0. The largest absolute Gasteiger partial charge is 0.399 e. The van der Waals surface area contributed by atoms with Gasteiger partial charge in [-0.1, -0.05) is 201 Å². The van der Waals surface area contributed by atoms with E-state index in [2.05, 4.69) is 224 Å². The highest BCUT2D eigenvalue weighted by molar-refractivity contribution is 7.18. The molecule has 0 radical (unpaired) electrons. The standard InChI is InChI=1S/C42H33N.C16H13NS/c1-2-3-4-7-12-33-17-19-36(20-18-33)39-25-31-42(32-26-39)43(40-27-21-37(22-28-40)34-13-8-5-9-14-34)41-29-23-38(24-30-41)35-15-10-6-11-16-35;17-14-8-6-13(7-9-14)16-11-10-15(18-16)12-4-2-1-3-5-12/h2-32H,1H2;1-11H,17H2/b4-3-,12-7-;. The third kappa shape index (κ3) is 10.3. The molecule has 0 fully saturated rings. The molecule has 3 heteroatoms. The molecule has 2 nitrogen and oxygen atoms in total. The summed E-state index contributed by atoms with van der Waals surface area (Å²) >= 11 is 1.80. The van der Waals surface area contributed by atoms with Crippen molar-refractivity contribution in [3.8, 4) is 54.3 Å². The lowest BCUT2D eigenvalue weighted by Crippen LogP contribution is -2.09. The molecule has 0 spiro atoms. The van der Waals surface area contributed by atoms with Crippen LogP contribution in [0.25, 0.3) is 60.3 Å². The highest BCUT2D eigenvalue weighted by Crippen LogP contribution is 2.38. The van der Waals surface area contributed by atoms with Crippen molar-refractivity contribution in [2.24, 2.45) is 0 Å². The van der Waals surface area contributed by atoms with Crippen molar-refractivity contribution < 1.29 is 0 Å². The Hall–Kier alpha value is -7.72. The molecule has 0 aliphatic rings. The molecule has 294 valence electrons. The van der Waals surface area contributed by atoms with E-state index in [-0.39, 0.29) is 0 Å². The fourth-order valence-corrected chi connectivity index (χ4v) is 8.13. The molecule has 61 heavy (non-hydrogen) atoms. The lowest BCUT2D eigenvalue weighted by Gasteiger charge is -2.26. The zero-order chi connectivity index (χ0) is 41.6. The topological polar surface area (TPSA) is 29.3 Å². The normalized spacial score (nSPS) is 11.0. The van der Waals surface area contributed by atoms with Gasteiger partial charge >= 0.3 is 0 Å². The molecule has 0 bridgehead atoms. The summed E-state index contributed by atoms with van der Waals surface area (Å²) in [4.78, 5) is 4.88. The first kappa shape index (κ1) is 40.1. The second-order valence-corrected chi connectivity index (χ2v) is 15.5. The van der Waals surface area contributed by atoms with Crippen molar-refractivity contribution >= 4 is 40.2 Å². The van der Waals surface area contributed by atoms with Crippen LogP contribution in [0.3, 0.4) is 0 Å². The summed E-state index contributed by atoms with van der Waals surface area (Å²) in [6, 6.07) is 78.9. The second-order valence-electron chi connectivity index (χ2n) is 14.5. The predicted octanol–water partition coefficient (Wildman–Crippen LogP) is 16.6. The molecule has 9 aromatic rings. The van der Waals surface area contributed by atoms with Gasteiger partial charge < -0.3 is 10.6 Å². The van der Waals surface area contributed by atoms with Crippen molar-refractivity contribution in [1.29, 1.82) is 0 Å². The monoisotopic (exact) mass is 802 g/mol. The van der Waals surface area contributed by atoms with E-state index >= 15 is 0 Å². The Kier molecular flexibility index (Phi) is 13.0. The first-order valence-corrected chi connectivity index (χ1v) is 21.2. The molecular weight excluding hydrogens is 757 g/mol. The van der Waals surface area contributed by atoms with Crippen molar-refractivity contribution in [2.75, 3.05) is 10.6 Å². The second kappa shape index (κ2) is 19.8. The molecule has 9 rings (SSSR count). The molecule has 0 amide bonds. The molecule has 2 N–H and O–H groups in total. The number of nitrogen functional groups attached to an aromatic ring is 1. The summed E-state index contributed by atoms with van der Waals surface area (Å²) in [5.41, 5.74) is 20.7. The molecule has 1 aromatic heterocycles. The molecule has 0 unspecified atom stereocenters. The molecule has 0 saturated heterocycles. The fourth-order valence-electron chi connectivity index (χ4n) is 7.11. The van der Waals surface area contributed by atoms with Gasteiger partial charge in [0.1, 0.15) is 0 Å². The van der Waals surface area contributed by atoms with E-state index in [1.54, 1.807) is 17.4 Å². The zero-order valence-electron chi connectivity index (χ0n) is 33.9. The van der Waals surface area contributed by atoms with Crippen LogP contribution < -0.4 is 10.6 Å². The summed E-state index contributed by atoms with van der Waals surface area (Å²) < 4.78 is 0. The SMILES string of the molecule is C=C/C=C\C=C/c1ccc(-c2ccc(N(c3ccc(-c4ccccc4)cc3)c3ccc(-c4ccccc4)cc3)cc2)cc1.Nc1ccc(-c2ccc(-c3ccccc3)s2)cc1. The third-order valence-corrected chi connectivity index (χ3v) is 11.5. The first-order chi connectivity index (χ1) is 30.1. The van der Waals surface area contributed by atoms with Crippen LogP contribution >= 0.6 is 11.3 Å². The molecule has 0 saturated carbocycles. The molecular formula is C58H46N2S. The Morgan fingerprint density at radius 1 is 0.344 bits per heavy atom. The smallest absolute Gasteiger partial charge is 0.0462 e. The van der Waals surface area contributed by atoms with E-state index in [1.165, 1.54) is 54.3 Å². The highest BCUT2D eigenvalue weighted by Gasteiger charge is 2.14. The van der Waals surface area contributed by atoms with Gasteiger partial charge in [-0.15, -0.1) is 11.3 Å². The summed E-state index contributed by atoms with van der Waals surface area (Å²) in [5, 5.41) is 0. The fraction of sp³-hybridized carbons (Fsp3) is 0. The maximum atomic E-state index is 5.70. The van der Waals surface area contributed by atoms with Crippen LogP contribution in [0.15, 0.2) is 255 Å². The van der Waals surface area contributed by atoms with Crippen molar-refractivity contribution in [3.63, 3.8) is 0 Å². The van der Waals surface area contributed by atoms with E-state index in [0.717, 1.165) is 28.3 Å². The number of nitrogens with two attached hydrogens (primary N) is 1. The van der Waals surface area contributed by atoms with E-state index in [4.69, 9.17) is 5.73 Å². The number of nitrogens with zero attached hydrogens (tertiary/aromatic N) is 1. The minimum atomic E-state index is 0.804. The lowest BCUT2D eigenvalue weighted by atomic mass is 10.0. The van der Waals surface area contributed by atoms with Gasteiger partial charge in [0.05, 0.1) is 0 Å². The Balaban J connectivity index is 0.000000237. The van der Waals surface area contributed by atoms with Crippen LogP contribution in [0.5, 0.6) is 0 Å². The number of thiophene rings is 1. The van der Waals surface area contributed by atoms with E-state index in [1.807, 2.05) is 36.4 Å².